The van der Waals surface area contributed by atoms with E-state index in [1.54, 1.807) is 0 Å². The number of nitrogens with two attached hydrogens (primary N) is 1. The molecule has 2 atom stereocenters. The van der Waals surface area contributed by atoms with Crippen LogP contribution < -0.4 is 5.73 Å². The van der Waals surface area contributed by atoms with E-state index in [0.717, 1.165) is 32.4 Å². The zero-order chi connectivity index (χ0) is 15.5. The molecule has 0 spiro atoms. The Labute approximate surface area is 131 Å². The van der Waals surface area contributed by atoms with Crippen LogP contribution in [-0.2, 0) is 4.79 Å². The first-order valence-electron chi connectivity index (χ1n) is 9.18. The van der Waals surface area contributed by atoms with E-state index >= 15 is 0 Å². The topological polar surface area (TPSA) is 46.3 Å². The number of nitrogens with zero attached hydrogens (tertiary/aromatic N) is 1. The molecular formula is C18H36N2O. The van der Waals surface area contributed by atoms with E-state index in [1.165, 1.54) is 51.4 Å². The predicted molar refractivity (Wildman–Crippen MR) is 90.2 cm³/mol. The standard InChI is InChI=1S/C18H36N2O/c1-3-4-5-6-7-8-9-10-11-12-18(21)20-14-13-16(2)17(19)15-20/h16-17H,3-15,19H2,1-2H3. The fraction of sp³-hybridized carbons (Fsp3) is 0.944. The molecule has 0 bridgehead atoms. The maximum atomic E-state index is 12.1. The summed E-state index contributed by atoms with van der Waals surface area (Å²) in [6.07, 6.45) is 13.5. The summed E-state index contributed by atoms with van der Waals surface area (Å²) in [4.78, 5) is 14.1. The van der Waals surface area contributed by atoms with Crippen LogP contribution in [0.4, 0.5) is 0 Å². The van der Waals surface area contributed by atoms with Crippen LogP contribution in [0.3, 0.4) is 0 Å². The number of hydrogen-bond acceptors (Lipinski definition) is 2. The van der Waals surface area contributed by atoms with Crippen LogP contribution in [-0.4, -0.2) is 29.9 Å². The van der Waals surface area contributed by atoms with Crippen molar-refractivity contribution in [3.8, 4) is 0 Å². The SMILES string of the molecule is CCCCCCCCCCCC(=O)N1CCC(C)C(N)C1. The maximum absolute atomic E-state index is 12.1. The van der Waals surface area contributed by atoms with Crippen LogP contribution in [0, 0.1) is 5.92 Å². The van der Waals surface area contributed by atoms with Crippen LogP contribution in [0.1, 0.15) is 84.5 Å². The summed E-state index contributed by atoms with van der Waals surface area (Å²) < 4.78 is 0. The molecule has 0 aromatic heterocycles. The van der Waals surface area contributed by atoms with E-state index in [4.69, 9.17) is 5.73 Å². The predicted octanol–water partition coefficient (Wildman–Crippen LogP) is 4.10. The van der Waals surface area contributed by atoms with Crippen molar-refractivity contribution in [2.75, 3.05) is 13.1 Å². The minimum atomic E-state index is 0.172. The molecule has 2 unspecified atom stereocenters. The summed E-state index contributed by atoms with van der Waals surface area (Å²) >= 11 is 0. The number of carbonyl (C=O) groups excluding carboxylic acids is 1. The molecule has 21 heavy (non-hydrogen) atoms. The third-order valence-corrected chi connectivity index (χ3v) is 4.86. The van der Waals surface area contributed by atoms with Gasteiger partial charge in [0.1, 0.15) is 0 Å². The third kappa shape index (κ3) is 7.85. The molecule has 1 saturated heterocycles. The van der Waals surface area contributed by atoms with Gasteiger partial charge in [-0.05, 0) is 18.8 Å². The Kier molecular flexibility index (Phi) is 9.73. The lowest BCUT2D eigenvalue weighted by molar-refractivity contribution is -0.133. The molecule has 3 heteroatoms. The highest BCUT2D eigenvalue weighted by molar-refractivity contribution is 5.76. The van der Waals surface area contributed by atoms with Gasteiger partial charge < -0.3 is 10.6 Å². The highest BCUT2D eigenvalue weighted by Crippen LogP contribution is 2.17. The Morgan fingerprint density at radius 2 is 1.62 bits per heavy atom. The second-order valence-corrected chi connectivity index (χ2v) is 6.85. The molecule has 2 N–H and O–H groups in total. The van der Waals surface area contributed by atoms with Gasteiger partial charge in [-0.15, -0.1) is 0 Å². The smallest absolute Gasteiger partial charge is 0.222 e. The molecule has 124 valence electrons. The Morgan fingerprint density at radius 3 is 2.19 bits per heavy atom. The fourth-order valence-corrected chi connectivity index (χ4v) is 3.07. The van der Waals surface area contributed by atoms with Gasteiger partial charge in [0.05, 0.1) is 0 Å². The van der Waals surface area contributed by atoms with Gasteiger partial charge in [0.15, 0.2) is 0 Å². The summed E-state index contributed by atoms with van der Waals surface area (Å²) in [5.74, 6) is 0.877. The third-order valence-electron chi connectivity index (χ3n) is 4.86. The normalized spacial score (nSPS) is 22.5. The number of piperidine rings is 1. The van der Waals surface area contributed by atoms with Gasteiger partial charge in [-0.25, -0.2) is 0 Å². The Hall–Kier alpha value is -0.570. The zero-order valence-electron chi connectivity index (χ0n) is 14.3. The minimum Gasteiger partial charge on any atom is -0.341 e. The average Bonchev–Trinajstić information content (AvgIpc) is 2.48. The lowest BCUT2D eigenvalue weighted by Crippen LogP contribution is -2.49. The molecule has 1 heterocycles. The van der Waals surface area contributed by atoms with Crippen molar-refractivity contribution in [3.05, 3.63) is 0 Å². The second-order valence-electron chi connectivity index (χ2n) is 6.85. The Bertz CT molecular complexity index is 280. The molecule has 0 aromatic carbocycles. The first-order chi connectivity index (χ1) is 10.1. The minimum absolute atomic E-state index is 0.172. The van der Waals surface area contributed by atoms with Gasteiger partial charge in [-0.2, -0.15) is 0 Å². The lowest BCUT2D eigenvalue weighted by Gasteiger charge is -2.35. The van der Waals surface area contributed by atoms with Crippen LogP contribution in [0.5, 0.6) is 0 Å². The molecule has 0 aromatic rings. The van der Waals surface area contributed by atoms with Crippen molar-refractivity contribution < 1.29 is 4.79 Å². The van der Waals surface area contributed by atoms with Gasteiger partial charge in [-0.1, -0.05) is 65.2 Å². The van der Waals surface area contributed by atoms with E-state index in [1.807, 2.05) is 4.90 Å². The molecule has 0 aliphatic carbocycles. The molecule has 3 nitrogen and oxygen atoms in total. The van der Waals surface area contributed by atoms with Crippen molar-refractivity contribution in [3.63, 3.8) is 0 Å². The average molecular weight is 296 g/mol. The van der Waals surface area contributed by atoms with Crippen molar-refractivity contribution in [2.24, 2.45) is 11.7 Å². The number of carbonyl (C=O) groups is 1. The quantitative estimate of drug-likeness (QED) is 0.617. The summed E-state index contributed by atoms with van der Waals surface area (Å²) in [6.45, 7) is 6.11. The molecule has 1 aliphatic heterocycles. The Balaban J connectivity index is 1.96. The molecule has 1 amide bonds. The number of likely N-dealkylation sites (tertiary alicyclic amines) is 1. The number of rotatable bonds is 10. The first kappa shape index (κ1) is 18.5. The van der Waals surface area contributed by atoms with E-state index < -0.39 is 0 Å². The largest absolute Gasteiger partial charge is 0.341 e. The first-order valence-corrected chi connectivity index (χ1v) is 9.18. The molecule has 0 radical (unpaired) electrons. The molecule has 1 rings (SSSR count). The molecule has 0 saturated carbocycles. The summed E-state index contributed by atoms with van der Waals surface area (Å²) in [6, 6.07) is 0.172. The highest BCUT2D eigenvalue weighted by Gasteiger charge is 2.25. The monoisotopic (exact) mass is 296 g/mol. The second kappa shape index (κ2) is 11.1. The van der Waals surface area contributed by atoms with Gasteiger partial charge in [0.2, 0.25) is 5.91 Å². The van der Waals surface area contributed by atoms with E-state index in [-0.39, 0.29) is 6.04 Å². The van der Waals surface area contributed by atoms with Crippen LogP contribution >= 0.6 is 0 Å². The van der Waals surface area contributed by atoms with Crippen LogP contribution in [0.25, 0.3) is 0 Å². The summed E-state index contributed by atoms with van der Waals surface area (Å²) in [5.41, 5.74) is 6.06. The summed E-state index contributed by atoms with van der Waals surface area (Å²) in [7, 11) is 0. The van der Waals surface area contributed by atoms with E-state index in [0.29, 0.717) is 11.8 Å². The van der Waals surface area contributed by atoms with Gasteiger partial charge in [-0.3, -0.25) is 4.79 Å². The van der Waals surface area contributed by atoms with Crippen molar-refractivity contribution in [1.82, 2.24) is 4.90 Å². The van der Waals surface area contributed by atoms with Crippen LogP contribution in [0.2, 0.25) is 0 Å². The van der Waals surface area contributed by atoms with Crippen molar-refractivity contribution in [1.29, 1.82) is 0 Å². The van der Waals surface area contributed by atoms with Crippen LogP contribution in [0.15, 0.2) is 0 Å². The molecular weight excluding hydrogens is 260 g/mol. The lowest BCUT2D eigenvalue weighted by atomic mass is 9.94. The number of unbranched alkanes of at least 4 members (excludes halogenated alkanes) is 8. The Morgan fingerprint density at radius 1 is 1.05 bits per heavy atom. The van der Waals surface area contributed by atoms with Gasteiger partial charge in [0, 0.05) is 25.6 Å². The van der Waals surface area contributed by atoms with E-state index in [9.17, 15) is 4.79 Å². The maximum Gasteiger partial charge on any atom is 0.222 e. The van der Waals surface area contributed by atoms with Crippen molar-refractivity contribution in [2.45, 2.75) is 90.5 Å². The van der Waals surface area contributed by atoms with Gasteiger partial charge >= 0.3 is 0 Å². The van der Waals surface area contributed by atoms with Gasteiger partial charge in [0.25, 0.3) is 0 Å². The number of hydrogen-bond donors (Lipinski definition) is 1. The number of amides is 1. The van der Waals surface area contributed by atoms with E-state index in [2.05, 4.69) is 13.8 Å². The fourth-order valence-electron chi connectivity index (χ4n) is 3.07. The molecule has 1 aliphatic rings. The zero-order valence-corrected chi connectivity index (χ0v) is 14.3. The highest BCUT2D eigenvalue weighted by atomic mass is 16.2. The molecule has 1 fully saturated rings. The summed E-state index contributed by atoms with van der Waals surface area (Å²) in [5, 5.41) is 0. The van der Waals surface area contributed by atoms with Crippen molar-refractivity contribution >= 4 is 5.91 Å².